The minimum atomic E-state index is -1.44. The molecule has 3 aromatic carbocycles. The van der Waals surface area contributed by atoms with Gasteiger partial charge in [-0.2, -0.15) is 5.26 Å². The molecule has 0 aromatic heterocycles. The van der Waals surface area contributed by atoms with Crippen molar-refractivity contribution in [3.8, 4) is 11.8 Å². The molecule has 0 saturated carbocycles. The van der Waals surface area contributed by atoms with Gasteiger partial charge in [0.2, 0.25) is 0 Å². The minimum absolute atomic E-state index is 0.0112. The van der Waals surface area contributed by atoms with Crippen LogP contribution in [0.25, 0.3) is 0 Å². The van der Waals surface area contributed by atoms with Crippen LogP contribution in [0.3, 0.4) is 0 Å². The van der Waals surface area contributed by atoms with E-state index in [2.05, 4.69) is 0 Å². The molecule has 0 radical (unpaired) electrons. The number of thioether (sulfide) groups is 1. The quantitative estimate of drug-likeness (QED) is 0.198. The summed E-state index contributed by atoms with van der Waals surface area (Å²) in [6, 6.07) is 12.0. The number of ether oxygens (including phenoxy) is 1. The molecule has 0 bridgehead atoms. The minimum Gasteiger partial charge on any atom is -0.494 e. The third-order valence-corrected chi connectivity index (χ3v) is 7.76. The van der Waals surface area contributed by atoms with Crippen molar-refractivity contribution in [3.05, 3.63) is 106 Å². The fraction of sp³-hybridized carbons (Fsp3) is 0.267. The maximum Gasteiger partial charge on any atom is 0.335 e. The van der Waals surface area contributed by atoms with Gasteiger partial charge >= 0.3 is 5.97 Å². The molecule has 0 heterocycles. The molecule has 0 aliphatic carbocycles. The van der Waals surface area contributed by atoms with Gasteiger partial charge in [0.15, 0.2) is 11.6 Å². The number of benzene rings is 3. The Morgan fingerprint density at radius 1 is 1.07 bits per heavy atom. The van der Waals surface area contributed by atoms with E-state index in [4.69, 9.17) is 9.84 Å². The molecule has 40 heavy (non-hydrogen) atoms. The molecule has 1 unspecified atom stereocenters. The van der Waals surface area contributed by atoms with Gasteiger partial charge in [0.05, 0.1) is 23.6 Å². The third-order valence-electron chi connectivity index (χ3n) is 6.62. The van der Waals surface area contributed by atoms with Crippen LogP contribution in [0, 0.1) is 34.6 Å². The maximum absolute atomic E-state index is 14.7. The first-order valence-electron chi connectivity index (χ1n) is 12.2. The lowest BCUT2D eigenvalue weighted by atomic mass is 9.79. The summed E-state index contributed by atoms with van der Waals surface area (Å²) in [6.45, 7) is 7.35. The van der Waals surface area contributed by atoms with Crippen LogP contribution in [0.15, 0.2) is 60.3 Å². The summed E-state index contributed by atoms with van der Waals surface area (Å²) in [5.74, 6) is -4.77. The van der Waals surface area contributed by atoms with Gasteiger partial charge in [-0.3, -0.25) is 0 Å². The van der Waals surface area contributed by atoms with E-state index in [9.17, 15) is 27.6 Å². The number of allylic oxidation sites excluding steroid dienone is 2. The Labute approximate surface area is 234 Å². The molecule has 0 aliphatic heterocycles. The summed E-state index contributed by atoms with van der Waals surface area (Å²) in [5.41, 5.74) is 0.126. The zero-order valence-corrected chi connectivity index (χ0v) is 23.4. The molecule has 5 nitrogen and oxygen atoms in total. The number of hydrogen-bond acceptors (Lipinski definition) is 5. The summed E-state index contributed by atoms with van der Waals surface area (Å²) >= 11 is 1.17. The number of carboxylic acids is 1. The summed E-state index contributed by atoms with van der Waals surface area (Å²) in [5, 5.41) is 18.0. The molecular formula is C30H28F4N2O3S. The van der Waals surface area contributed by atoms with E-state index in [1.165, 1.54) is 43.1 Å². The average molecular weight is 573 g/mol. The molecule has 0 amide bonds. The second-order valence-electron chi connectivity index (χ2n) is 9.43. The number of carbonyl (C=O) groups is 1. The largest absolute Gasteiger partial charge is 0.494 e. The van der Waals surface area contributed by atoms with E-state index in [-0.39, 0.29) is 22.6 Å². The number of anilines is 1. The smallest absolute Gasteiger partial charge is 0.335 e. The van der Waals surface area contributed by atoms with E-state index in [1.54, 1.807) is 26.0 Å². The van der Waals surface area contributed by atoms with E-state index in [0.29, 0.717) is 16.9 Å². The van der Waals surface area contributed by atoms with Crippen molar-refractivity contribution in [1.82, 2.24) is 0 Å². The van der Waals surface area contributed by atoms with Crippen LogP contribution in [-0.2, 0) is 11.2 Å². The fourth-order valence-electron chi connectivity index (χ4n) is 4.43. The second kappa shape index (κ2) is 12.5. The van der Waals surface area contributed by atoms with Gasteiger partial charge in [-0.1, -0.05) is 26.0 Å². The molecular weight excluding hydrogens is 544 g/mol. The number of hydrogen-bond donors (Lipinski definition) is 1. The predicted octanol–water partition coefficient (Wildman–Crippen LogP) is 7.79. The highest BCUT2D eigenvalue weighted by Gasteiger charge is 2.34. The normalized spacial score (nSPS) is 12.6. The molecule has 10 heteroatoms. The standard InChI is InChI=1S/C30H28F4N2O3S/c1-6-28(30(3,4)20-7-9-23(31)19(11-20)15-35)36(21-8-10-24(32)27(14-21)39-5)17(2)40-16-22-25(33)12-18(29(37)38)13-26(22)34/h6-14,17H,16H2,1-5H3,(H,37,38)/b28-6-. The van der Waals surface area contributed by atoms with E-state index >= 15 is 0 Å². The molecule has 0 fully saturated rings. The highest BCUT2D eigenvalue weighted by atomic mass is 32.2. The topological polar surface area (TPSA) is 73.6 Å². The van der Waals surface area contributed by atoms with Gasteiger partial charge in [-0.25, -0.2) is 22.4 Å². The number of carboxylic acid groups (broad SMARTS) is 1. The molecule has 3 rings (SSSR count). The molecule has 210 valence electrons. The van der Waals surface area contributed by atoms with Crippen LogP contribution < -0.4 is 9.64 Å². The van der Waals surface area contributed by atoms with Crippen molar-refractivity contribution < 1.29 is 32.2 Å². The SMILES string of the molecule is C/C=C(\N(c1ccc(F)c(OC)c1)C(C)SCc1c(F)cc(C(=O)O)cc1F)C(C)(C)c1ccc(F)c(C#N)c1. The van der Waals surface area contributed by atoms with Crippen molar-refractivity contribution >= 4 is 23.4 Å². The molecule has 3 aromatic rings. The van der Waals surface area contributed by atoms with Crippen LogP contribution in [0.5, 0.6) is 5.75 Å². The lowest BCUT2D eigenvalue weighted by Crippen LogP contribution is -2.39. The number of nitriles is 1. The number of rotatable bonds is 10. The first-order valence-corrected chi connectivity index (χ1v) is 13.2. The Bertz CT molecular complexity index is 1480. The van der Waals surface area contributed by atoms with Gasteiger partial charge in [0.25, 0.3) is 0 Å². The number of methoxy groups -OCH3 is 1. The summed E-state index contributed by atoms with van der Waals surface area (Å²) in [4.78, 5) is 13.0. The maximum atomic E-state index is 14.7. The van der Waals surface area contributed by atoms with E-state index in [0.717, 1.165) is 12.1 Å². The van der Waals surface area contributed by atoms with Crippen molar-refractivity contribution in [1.29, 1.82) is 5.26 Å². The van der Waals surface area contributed by atoms with Crippen LogP contribution in [0.4, 0.5) is 23.2 Å². The zero-order chi connectivity index (χ0) is 29.8. The van der Waals surface area contributed by atoms with Crippen molar-refractivity contribution in [2.45, 2.75) is 44.2 Å². The van der Waals surface area contributed by atoms with Gasteiger partial charge < -0.3 is 14.7 Å². The molecule has 0 saturated heterocycles. The molecule has 0 aliphatic rings. The lowest BCUT2D eigenvalue weighted by Gasteiger charge is -2.41. The van der Waals surface area contributed by atoms with Crippen LogP contribution in [0.2, 0.25) is 0 Å². The van der Waals surface area contributed by atoms with Gasteiger partial charge in [0, 0.05) is 34.2 Å². The van der Waals surface area contributed by atoms with E-state index < -0.39 is 45.6 Å². The second-order valence-corrected chi connectivity index (χ2v) is 10.7. The summed E-state index contributed by atoms with van der Waals surface area (Å²) in [7, 11) is 1.33. The Balaban J connectivity index is 2.08. The summed E-state index contributed by atoms with van der Waals surface area (Å²) < 4.78 is 63.0. The van der Waals surface area contributed by atoms with Gasteiger partial charge in [-0.15, -0.1) is 11.8 Å². The monoisotopic (exact) mass is 572 g/mol. The Kier molecular flexibility index (Phi) is 9.53. The Morgan fingerprint density at radius 2 is 1.70 bits per heavy atom. The van der Waals surface area contributed by atoms with Crippen molar-refractivity contribution in [2.24, 2.45) is 0 Å². The highest BCUT2D eigenvalue weighted by Crippen LogP contribution is 2.41. The molecule has 1 N–H and O–H groups in total. The predicted molar refractivity (Wildman–Crippen MR) is 147 cm³/mol. The lowest BCUT2D eigenvalue weighted by molar-refractivity contribution is 0.0695. The third kappa shape index (κ3) is 6.26. The first kappa shape index (κ1) is 30.6. The average Bonchev–Trinajstić information content (AvgIpc) is 2.91. The summed E-state index contributed by atoms with van der Waals surface area (Å²) in [6.07, 6.45) is 1.82. The van der Waals surface area contributed by atoms with Crippen molar-refractivity contribution in [3.63, 3.8) is 0 Å². The zero-order valence-electron chi connectivity index (χ0n) is 22.6. The fourth-order valence-corrected chi connectivity index (χ4v) is 5.50. The number of nitrogens with zero attached hydrogens (tertiary/aromatic N) is 2. The number of halogens is 4. The molecule has 1 atom stereocenters. The Morgan fingerprint density at radius 3 is 2.25 bits per heavy atom. The highest BCUT2D eigenvalue weighted by molar-refractivity contribution is 7.99. The molecule has 0 spiro atoms. The van der Waals surface area contributed by atoms with Crippen molar-refractivity contribution in [2.75, 3.05) is 12.0 Å². The van der Waals surface area contributed by atoms with Gasteiger partial charge in [0.1, 0.15) is 23.5 Å². The van der Waals surface area contributed by atoms with E-state index in [1.807, 2.05) is 30.9 Å². The van der Waals surface area contributed by atoms with Gasteiger partial charge in [-0.05, 0) is 55.8 Å². The van der Waals surface area contributed by atoms with Crippen LogP contribution in [-0.4, -0.2) is 23.6 Å². The Hall–Kier alpha value is -3.97. The number of aromatic carboxylic acids is 1. The first-order chi connectivity index (χ1) is 18.8. The van der Waals surface area contributed by atoms with Crippen LogP contribution >= 0.6 is 11.8 Å². The van der Waals surface area contributed by atoms with Crippen LogP contribution in [0.1, 0.15) is 54.7 Å².